The first kappa shape index (κ1) is 21.3. The molecule has 2 amide bonds. The second kappa shape index (κ2) is 8.96. The van der Waals surface area contributed by atoms with Gasteiger partial charge < -0.3 is 25.4 Å². The van der Waals surface area contributed by atoms with Crippen molar-refractivity contribution >= 4 is 23.5 Å². The fourth-order valence-corrected chi connectivity index (χ4v) is 3.48. The lowest BCUT2D eigenvalue weighted by Crippen LogP contribution is -2.52. The van der Waals surface area contributed by atoms with E-state index in [2.05, 4.69) is 4.90 Å². The van der Waals surface area contributed by atoms with Crippen LogP contribution in [0.2, 0.25) is 0 Å². The van der Waals surface area contributed by atoms with Gasteiger partial charge in [-0.3, -0.25) is 14.4 Å². The second-order valence-corrected chi connectivity index (χ2v) is 7.22. The summed E-state index contributed by atoms with van der Waals surface area (Å²) < 4.78 is 5.04. The number of hydrogen-bond acceptors (Lipinski definition) is 6. The van der Waals surface area contributed by atoms with Crippen molar-refractivity contribution in [2.45, 2.75) is 18.9 Å². The van der Waals surface area contributed by atoms with Crippen molar-refractivity contribution in [3.05, 3.63) is 60.2 Å². The molecule has 0 aliphatic carbocycles. The van der Waals surface area contributed by atoms with E-state index < -0.39 is 17.9 Å². The molecule has 158 valence electrons. The zero-order chi connectivity index (χ0) is 21.7. The Kier molecular flexibility index (Phi) is 6.37. The van der Waals surface area contributed by atoms with Crippen molar-refractivity contribution in [2.75, 3.05) is 31.1 Å². The second-order valence-electron chi connectivity index (χ2n) is 7.22. The molecule has 0 aromatic heterocycles. The van der Waals surface area contributed by atoms with E-state index in [0.29, 0.717) is 37.5 Å². The summed E-state index contributed by atoms with van der Waals surface area (Å²) >= 11 is 0. The zero-order valence-electron chi connectivity index (χ0n) is 16.8. The van der Waals surface area contributed by atoms with Crippen molar-refractivity contribution in [2.24, 2.45) is 5.73 Å². The predicted molar refractivity (Wildman–Crippen MR) is 111 cm³/mol. The van der Waals surface area contributed by atoms with Crippen molar-refractivity contribution in [1.29, 1.82) is 0 Å². The highest BCUT2D eigenvalue weighted by molar-refractivity contribution is 5.91. The number of benzene rings is 2. The molecule has 2 aromatic rings. The van der Waals surface area contributed by atoms with Crippen LogP contribution in [0, 0.1) is 0 Å². The minimum atomic E-state index is -2.04. The molecule has 0 radical (unpaired) electrons. The quantitative estimate of drug-likeness (QED) is 0.542. The highest BCUT2D eigenvalue weighted by atomic mass is 16.5. The van der Waals surface area contributed by atoms with E-state index in [1.54, 1.807) is 47.4 Å². The van der Waals surface area contributed by atoms with E-state index in [1.165, 1.54) is 6.92 Å². The standard InChI is InChI=1S/C22H25N3O5/c1-16(26)30-19-9-7-18(8-10-19)24-11-13-25(14-12-24)20(27)15-22(29,21(23)28)17-5-3-2-4-6-17/h2-10,29H,11-15H2,1H3,(H2,23,28). The fourth-order valence-electron chi connectivity index (χ4n) is 3.48. The molecule has 0 spiro atoms. The molecular formula is C22H25N3O5. The topological polar surface area (TPSA) is 113 Å². The largest absolute Gasteiger partial charge is 0.427 e. The van der Waals surface area contributed by atoms with Gasteiger partial charge in [0.1, 0.15) is 5.75 Å². The van der Waals surface area contributed by atoms with Gasteiger partial charge >= 0.3 is 5.97 Å². The smallest absolute Gasteiger partial charge is 0.308 e. The Morgan fingerprint density at radius 3 is 2.13 bits per heavy atom. The van der Waals surface area contributed by atoms with Gasteiger partial charge in [-0.15, -0.1) is 0 Å². The van der Waals surface area contributed by atoms with Crippen LogP contribution in [-0.4, -0.2) is 54.0 Å². The molecule has 8 heteroatoms. The molecule has 3 rings (SSSR count). The number of hydrogen-bond donors (Lipinski definition) is 2. The molecule has 30 heavy (non-hydrogen) atoms. The van der Waals surface area contributed by atoms with Gasteiger partial charge in [0.25, 0.3) is 5.91 Å². The maximum Gasteiger partial charge on any atom is 0.308 e. The first-order valence-electron chi connectivity index (χ1n) is 9.68. The van der Waals surface area contributed by atoms with E-state index in [-0.39, 0.29) is 11.9 Å². The Balaban J connectivity index is 1.61. The lowest BCUT2D eigenvalue weighted by molar-refractivity contribution is -0.148. The van der Waals surface area contributed by atoms with Gasteiger partial charge in [0.15, 0.2) is 5.60 Å². The normalized spacial score (nSPS) is 15.9. The van der Waals surface area contributed by atoms with Gasteiger partial charge in [-0.25, -0.2) is 0 Å². The third-order valence-corrected chi connectivity index (χ3v) is 5.16. The van der Waals surface area contributed by atoms with Gasteiger partial charge in [-0.1, -0.05) is 30.3 Å². The number of nitrogens with two attached hydrogens (primary N) is 1. The molecule has 1 aliphatic heterocycles. The summed E-state index contributed by atoms with van der Waals surface area (Å²) in [6, 6.07) is 15.4. The summed E-state index contributed by atoms with van der Waals surface area (Å²) in [4.78, 5) is 39.5. The molecule has 1 atom stereocenters. The lowest BCUT2D eigenvalue weighted by Gasteiger charge is -2.37. The van der Waals surface area contributed by atoms with E-state index in [0.717, 1.165) is 5.69 Å². The average Bonchev–Trinajstić information content (AvgIpc) is 2.74. The Morgan fingerprint density at radius 2 is 1.60 bits per heavy atom. The van der Waals surface area contributed by atoms with Crippen LogP contribution in [0.5, 0.6) is 5.75 Å². The number of anilines is 1. The molecular weight excluding hydrogens is 386 g/mol. The number of piperazine rings is 1. The fraction of sp³-hybridized carbons (Fsp3) is 0.318. The highest BCUT2D eigenvalue weighted by Gasteiger charge is 2.40. The summed E-state index contributed by atoms with van der Waals surface area (Å²) in [5, 5.41) is 10.8. The summed E-state index contributed by atoms with van der Waals surface area (Å²) in [6.45, 7) is 3.45. The molecule has 2 aromatic carbocycles. The van der Waals surface area contributed by atoms with E-state index >= 15 is 0 Å². The minimum absolute atomic E-state index is 0.303. The van der Waals surface area contributed by atoms with Crippen molar-refractivity contribution < 1.29 is 24.2 Å². The number of rotatable bonds is 6. The maximum atomic E-state index is 12.8. The van der Waals surface area contributed by atoms with Crippen LogP contribution in [0.1, 0.15) is 18.9 Å². The number of primary amides is 1. The molecule has 1 aliphatic rings. The van der Waals surface area contributed by atoms with Crippen LogP contribution < -0.4 is 15.4 Å². The van der Waals surface area contributed by atoms with Gasteiger partial charge in [0.05, 0.1) is 6.42 Å². The number of carbonyl (C=O) groups excluding carboxylic acids is 3. The van der Waals surface area contributed by atoms with Gasteiger partial charge in [0.2, 0.25) is 5.91 Å². The Bertz CT molecular complexity index is 908. The third kappa shape index (κ3) is 4.77. The Labute approximate surface area is 174 Å². The monoisotopic (exact) mass is 411 g/mol. The summed E-state index contributed by atoms with van der Waals surface area (Å²) in [5.74, 6) is -1.17. The molecule has 1 unspecified atom stereocenters. The van der Waals surface area contributed by atoms with Crippen molar-refractivity contribution in [3.63, 3.8) is 0 Å². The molecule has 0 bridgehead atoms. The summed E-state index contributed by atoms with van der Waals surface area (Å²) in [5.41, 5.74) is 4.64. The Hall–Kier alpha value is -3.39. The van der Waals surface area contributed by atoms with Crippen LogP contribution in [0.15, 0.2) is 54.6 Å². The average molecular weight is 411 g/mol. The number of carbonyl (C=O) groups is 3. The predicted octanol–water partition coefficient (Wildman–Crippen LogP) is 1.02. The van der Waals surface area contributed by atoms with Crippen LogP contribution >= 0.6 is 0 Å². The SMILES string of the molecule is CC(=O)Oc1ccc(N2CCN(C(=O)CC(O)(C(N)=O)c3ccccc3)CC2)cc1. The van der Waals surface area contributed by atoms with Gasteiger partial charge in [0, 0.05) is 38.8 Å². The van der Waals surface area contributed by atoms with Crippen LogP contribution in [0.4, 0.5) is 5.69 Å². The molecule has 1 saturated heterocycles. The summed E-state index contributed by atoms with van der Waals surface area (Å²) in [6.07, 6.45) is -0.399. The van der Waals surface area contributed by atoms with Gasteiger partial charge in [-0.2, -0.15) is 0 Å². The lowest BCUT2D eigenvalue weighted by atomic mass is 9.89. The van der Waals surface area contributed by atoms with Gasteiger partial charge in [-0.05, 0) is 29.8 Å². The minimum Gasteiger partial charge on any atom is -0.427 e. The zero-order valence-corrected chi connectivity index (χ0v) is 16.8. The third-order valence-electron chi connectivity index (χ3n) is 5.16. The van der Waals surface area contributed by atoms with Crippen LogP contribution in [0.25, 0.3) is 0 Å². The number of ether oxygens (including phenoxy) is 1. The number of nitrogens with zero attached hydrogens (tertiary/aromatic N) is 2. The Morgan fingerprint density at radius 1 is 1.00 bits per heavy atom. The molecule has 8 nitrogen and oxygen atoms in total. The molecule has 1 fully saturated rings. The van der Waals surface area contributed by atoms with Crippen molar-refractivity contribution in [1.82, 2.24) is 4.90 Å². The van der Waals surface area contributed by atoms with E-state index in [1.807, 2.05) is 12.1 Å². The number of amides is 2. The first-order valence-corrected chi connectivity index (χ1v) is 9.68. The van der Waals surface area contributed by atoms with Crippen molar-refractivity contribution in [3.8, 4) is 5.75 Å². The van der Waals surface area contributed by atoms with E-state index in [4.69, 9.17) is 10.5 Å². The maximum absolute atomic E-state index is 12.8. The van der Waals surface area contributed by atoms with Crippen LogP contribution in [0.3, 0.4) is 0 Å². The van der Waals surface area contributed by atoms with E-state index in [9.17, 15) is 19.5 Å². The summed E-state index contributed by atoms with van der Waals surface area (Å²) in [7, 11) is 0. The van der Waals surface area contributed by atoms with Crippen LogP contribution in [-0.2, 0) is 20.0 Å². The number of esters is 1. The molecule has 0 saturated carbocycles. The number of aliphatic hydroxyl groups is 1. The molecule has 3 N–H and O–H groups in total. The first-order chi connectivity index (χ1) is 14.3. The highest BCUT2D eigenvalue weighted by Crippen LogP contribution is 2.27. The molecule has 1 heterocycles.